The van der Waals surface area contributed by atoms with Crippen molar-refractivity contribution in [3.05, 3.63) is 54.3 Å². The lowest BCUT2D eigenvalue weighted by Crippen LogP contribution is -3.00. The molecule has 1 heterocycles. The van der Waals surface area contributed by atoms with Gasteiger partial charge in [0.15, 0.2) is 6.04 Å². The van der Waals surface area contributed by atoms with Gasteiger partial charge in [0.2, 0.25) is 0 Å². The summed E-state index contributed by atoms with van der Waals surface area (Å²) in [7, 11) is 0. The zero-order chi connectivity index (χ0) is 14.6. The third-order valence-electron chi connectivity index (χ3n) is 3.98. The molecule has 1 aromatic rings. The number of allylic oxidation sites excluding steroid dienone is 2. The van der Waals surface area contributed by atoms with Crippen LogP contribution < -0.4 is 22.6 Å². The molecule has 2 unspecified atom stereocenters. The van der Waals surface area contributed by atoms with Gasteiger partial charge in [-0.3, -0.25) is 9.28 Å². The van der Waals surface area contributed by atoms with Crippen LogP contribution in [0.1, 0.15) is 26.7 Å². The Bertz CT molecular complexity index is 539. The van der Waals surface area contributed by atoms with Crippen molar-refractivity contribution in [1.82, 2.24) is 4.48 Å². The maximum Gasteiger partial charge on any atom is 0.281 e. The number of rotatable bonds is 5. The second-order valence-corrected chi connectivity index (χ2v) is 5.23. The van der Waals surface area contributed by atoms with Crippen LogP contribution in [0.5, 0.6) is 0 Å². The minimum atomic E-state index is -0.299. The molecule has 0 bridgehead atoms. The third-order valence-corrected chi connectivity index (χ3v) is 3.98. The molecule has 1 amide bonds. The lowest BCUT2D eigenvalue weighted by atomic mass is 9.95. The predicted molar refractivity (Wildman–Crippen MR) is 83.9 cm³/mol. The van der Waals surface area contributed by atoms with Crippen LogP contribution in [0, 0.1) is 0 Å². The van der Waals surface area contributed by atoms with E-state index in [0.29, 0.717) is 4.48 Å². The van der Waals surface area contributed by atoms with E-state index in [2.05, 4.69) is 38.3 Å². The molecule has 21 heavy (non-hydrogen) atoms. The molecule has 2 atom stereocenters. The number of carbonyl (C=O) groups is 1. The lowest BCUT2D eigenvalue weighted by molar-refractivity contribution is -0.121. The van der Waals surface area contributed by atoms with Crippen molar-refractivity contribution in [3.8, 4) is 0 Å². The molecule has 4 heteroatoms. The number of para-hydroxylation sites is 1. The van der Waals surface area contributed by atoms with E-state index in [4.69, 9.17) is 5.73 Å². The van der Waals surface area contributed by atoms with E-state index < -0.39 is 0 Å². The molecule has 1 aliphatic heterocycles. The molecule has 2 rings (SSSR count). The molecule has 0 spiro atoms. The third kappa shape index (κ3) is 3.20. The Morgan fingerprint density at radius 3 is 2.43 bits per heavy atom. The molecular weight excluding hydrogens is 284 g/mol. The van der Waals surface area contributed by atoms with Crippen molar-refractivity contribution in [1.29, 1.82) is 0 Å². The first-order valence-electron chi connectivity index (χ1n) is 7.26. The fourth-order valence-corrected chi connectivity index (χ4v) is 3.16. The normalized spacial score (nSPS) is 24.1. The molecule has 0 saturated heterocycles. The van der Waals surface area contributed by atoms with Crippen molar-refractivity contribution in [2.45, 2.75) is 32.7 Å². The summed E-state index contributed by atoms with van der Waals surface area (Å²) < 4.78 is 0.506. The van der Waals surface area contributed by atoms with Crippen LogP contribution in [-0.4, -0.2) is 18.5 Å². The van der Waals surface area contributed by atoms with Crippen molar-refractivity contribution in [2.75, 3.05) is 6.54 Å². The second-order valence-electron chi connectivity index (χ2n) is 5.23. The summed E-state index contributed by atoms with van der Waals surface area (Å²) in [4.78, 5) is 12.1. The van der Waals surface area contributed by atoms with Crippen LogP contribution in [-0.2, 0) is 4.79 Å². The van der Waals surface area contributed by atoms with Crippen molar-refractivity contribution in [2.24, 2.45) is 5.73 Å². The average Bonchev–Trinajstić information content (AvgIpc) is 2.47. The zero-order valence-electron chi connectivity index (χ0n) is 12.6. The topological polar surface area (TPSA) is 43.1 Å². The predicted octanol–water partition coefficient (Wildman–Crippen LogP) is 0.126. The fraction of sp³-hybridized carbons (Fsp3) is 0.353. The summed E-state index contributed by atoms with van der Waals surface area (Å²) in [5.41, 5.74) is 7.97. The number of halogens is 1. The minimum Gasteiger partial charge on any atom is -1.00 e. The molecule has 3 nitrogen and oxygen atoms in total. The highest BCUT2D eigenvalue weighted by atomic mass is 35.5. The number of hydrogen-bond donors (Lipinski definition) is 1. The number of primary amides is 1. The maximum absolute atomic E-state index is 12.1. The van der Waals surface area contributed by atoms with Crippen LogP contribution in [0.25, 0.3) is 0 Å². The summed E-state index contributed by atoms with van der Waals surface area (Å²) in [6.07, 6.45) is 8.02. The number of amides is 1. The number of carbonyl (C=O) groups excluding carboxylic acids is 1. The van der Waals surface area contributed by atoms with Crippen molar-refractivity contribution >= 4 is 11.6 Å². The van der Waals surface area contributed by atoms with E-state index in [1.807, 2.05) is 24.3 Å². The molecule has 0 saturated carbocycles. The lowest BCUT2D eigenvalue weighted by Gasteiger charge is -2.42. The van der Waals surface area contributed by atoms with Gasteiger partial charge in [0, 0.05) is 0 Å². The Balaban J connectivity index is 0.00000220. The summed E-state index contributed by atoms with van der Waals surface area (Å²) in [6.45, 7) is 5.08. The van der Waals surface area contributed by atoms with Gasteiger partial charge in [0.05, 0.1) is 6.54 Å². The maximum atomic E-state index is 12.1. The van der Waals surface area contributed by atoms with Gasteiger partial charge in [0.25, 0.3) is 5.91 Å². The first-order chi connectivity index (χ1) is 9.65. The molecule has 114 valence electrons. The number of benzene rings is 1. The standard InChI is InChI=1S/C17H22N2O.ClH/c1-3-12-19(15-10-6-5-7-11-15)13-8-9-14(4-2)16(19)17(18)20;/h5-11,13,16H,3-4,12H2,1-2H3,(H-,18,20);1H. The van der Waals surface area contributed by atoms with Crippen LogP contribution in [0.4, 0.5) is 5.69 Å². The first kappa shape index (κ1) is 17.5. The Morgan fingerprint density at radius 1 is 1.24 bits per heavy atom. The first-order valence-corrected chi connectivity index (χ1v) is 7.26. The number of nitrogens with zero attached hydrogens (tertiary/aromatic N) is 1. The van der Waals surface area contributed by atoms with E-state index in [0.717, 1.165) is 30.6 Å². The van der Waals surface area contributed by atoms with Gasteiger partial charge in [-0.05, 0) is 36.6 Å². The number of nitrogens with two attached hydrogens (primary N) is 1. The molecule has 0 radical (unpaired) electrons. The largest absolute Gasteiger partial charge is 1.00 e. The van der Waals surface area contributed by atoms with Crippen molar-refractivity contribution < 1.29 is 17.2 Å². The SMILES string of the molecule is CCC[N+]1(c2ccccc2)C=CC=C(CC)C1C(N)=O.[Cl-]. The van der Waals surface area contributed by atoms with Gasteiger partial charge in [-0.25, -0.2) is 0 Å². The molecule has 2 N–H and O–H groups in total. The Hall–Kier alpha value is -1.58. The van der Waals surface area contributed by atoms with Gasteiger partial charge >= 0.3 is 0 Å². The summed E-state index contributed by atoms with van der Waals surface area (Å²) in [6, 6.07) is 9.88. The highest BCUT2D eigenvalue weighted by Gasteiger charge is 2.43. The van der Waals surface area contributed by atoms with Crippen LogP contribution >= 0.6 is 0 Å². The molecular formula is C17H23ClN2O. The van der Waals surface area contributed by atoms with E-state index in [1.54, 1.807) is 0 Å². The van der Waals surface area contributed by atoms with Crippen LogP contribution in [0.2, 0.25) is 0 Å². The minimum absolute atomic E-state index is 0. The molecule has 1 aliphatic rings. The smallest absolute Gasteiger partial charge is 0.281 e. The molecule has 0 fully saturated rings. The molecule has 0 aromatic heterocycles. The highest BCUT2D eigenvalue weighted by Crippen LogP contribution is 2.34. The highest BCUT2D eigenvalue weighted by molar-refractivity contribution is 5.87. The van der Waals surface area contributed by atoms with Crippen LogP contribution in [0.3, 0.4) is 0 Å². The molecule has 0 aliphatic carbocycles. The van der Waals surface area contributed by atoms with E-state index >= 15 is 0 Å². The Labute approximate surface area is 133 Å². The quantitative estimate of drug-likeness (QED) is 0.772. The van der Waals surface area contributed by atoms with Gasteiger partial charge in [-0.1, -0.05) is 38.1 Å². The average molecular weight is 307 g/mol. The monoisotopic (exact) mass is 306 g/mol. The van der Waals surface area contributed by atoms with E-state index in [-0.39, 0.29) is 24.4 Å². The summed E-state index contributed by atoms with van der Waals surface area (Å²) in [5.74, 6) is -0.250. The zero-order valence-corrected chi connectivity index (χ0v) is 13.4. The van der Waals surface area contributed by atoms with Crippen LogP contribution in [0.15, 0.2) is 54.3 Å². The number of quaternary nitrogens is 1. The van der Waals surface area contributed by atoms with Gasteiger partial charge in [-0.2, -0.15) is 0 Å². The van der Waals surface area contributed by atoms with Gasteiger partial charge in [-0.15, -0.1) is 0 Å². The Kier molecular flexibility index (Phi) is 6.19. The van der Waals surface area contributed by atoms with Gasteiger partial charge < -0.3 is 18.1 Å². The summed E-state index contributed by atoms with van der Waals surface area (Å²) in [5, 5.41) is 0. The van der Waals surface area contributed by atoms with Crippen molar-refractivity contribution in [3.63, 3.8) is 0 Å². The van der Waals surface area contributed by atoms with E-state index in [1.165, 1.54) is 0 Å². The van der Waals surface area contributed by atoms with Gasteiger partial charge in [0.1, 0.15) is 11.9 Å². The second kappa shape index (κ2) is 7.43. The molecule has 1 aromatic carbocycles. The van der Waals surface area contributed by atoms with E-state index in [9.17, 15) is 4.79 Å². The fourth-order valence-electron chi connectivity index (χ4n) is 3.16. The number of hydrogen-bond acceptors (Lipinski definition) is 1. The summed E-state index contributed by atoms with van der Waals surface area (Å²) >= 11 is 0. The Morgan fingerprint density at radius 2 is 1.90 bits per heavy atom.